The van der Waals surface area contributed by atoms with Crippen LogP contribution in [0.1, 0.15) is 258 Å². The summed E-state index contributed by atoms with van der Waals surface area (Å²) in [7, 11) is 0. The number of carbonyl (C=O) groups is 1. The number of hydrogen-bond acceptors (Lipinski definition) is 3. The van der Waals surface area contributed by atoms with Crippen molar-refractivity contribution in [1.29, 1.82) is 0 Å². The largest absolute Gasteiger partial charge is 0.394 e. The first-order chi connectivity index (χ1) is 25.7. The first-order valence-electron chi connectivity index (χ1n) is 23.6. The van der Waals surface area contributed by atoms with Gasteiger partial charge in [0.2, 0.25) is 5.91 Å². The van der Waals surface area contributed by atoms with Crippen LogP contribution in [0, 0.1) is 0 Å². The molecule has 0 aromatic carbocycles. The second-order valence-electron chi connectivity index (χ2n) is 16.2. The Kier molecular flexibility index (Phi) is 43.3. The van der Waals surface area contributed by atoms with Gasteiger partial charge in [-0.15, -0.1) is 0 Å². The van der Waals surface area contributed by atoms with E-state index < -0.39 is 12.1 Å². The van der Waals surface area contributed by atoms with Gasteiger partial charge in [-0.2, -0.15) is 0 Å². The van der Waals surface area contributed by atoms with Crippen LogP contribution in [0.15, 0.2) is 24.3 Å². The lowest BCUT2D eigenvalue weighted by Gasteiger charge is -2.19. The minimum atomic E-state index is -0.856. The normalized spacial score (nSPS) is 13.1. The van der Waals surface area contributed by atoms with E-state index in [-0.39, 0.29) is 12.5 Å². The number of aliphatic hydroxyl groups is 2. The highest BCUT2D eigenvalue weighted by Crippen LogP contribution is 2.16. The lowest BCUT2D eigenvalue weighted by Crippen LogP contribution is -2.45. The zero-order valence-electron chi connectivity index (χ0n) is 35.3. The average Bonchev–Trinajstić information content (AvgIpc) is 3.15. The molecule has 0 aromatic heterocycles. The van der Waals surface area contributed by atoms with Crippen molar-refractivity contribution in [2.45, 2.75) is 270 Å². The molecule has 0 aliphatic rings. The van der Waals surface area contributed by atoms with Gasteiger partial charge in [0, 0.05) is 6.42 Å². The molecule has 52 heavy (non-hydrogen) atoms. The average molecular weight is 732 g/mol. The van der Waals surface area contributed by atoms with Crippen molar-refractivity contribution in [3.8, 4) is 0 Å². The Balaban J connectivity index is 3.40. The fourth-order valence-electron chi connectivity index (χ4n) is 7.31. The van der Waals surface area contributed by atoms with Gasteiger partial charge in [0.05, 0.1) is 18.8 Å². The van der Waals surface area contributed by atoms with Crippen LogP contribution in [0.5, 0.6) is 0 Å². The van der Waals surface area contributed by atoms with Crippen molar-refractivity contribution in [3.05, 3.63) is 24.3 Å². The number of amides is 1. The van der Waals surface area contributed by atoms with E-state index in [1.165, 1.54) is 205 Å². The minimum absolute atomic E-state index is 0.0795. The van der Waals surface area contributed by atoms with Crippen LogP contribution >= 0.6 is 0 Å². The summed E-state index contributed by atoms with van der Waals surface area (Å²) >= 11 is 0. The van der Waals surface area contributed by atoms with Crippen LogP contribution in [0.4, 0.5) is 0 Å². The van der Waals surface area contributed by atoms with Crippen LogP contribution in [0.25, 0.3) is 0 Å². The molecule has 0 spiro atoms. The van der Waals surface area contributed by atoms with Crippen LogP contribution < -0.4 is 5.32 Å². The highest BCUT2D eigenvalue weighted by Gasteiger charge is 2.17. The van der Waals surface area contributed by atoms with Gasteiger partial charge in [-0.05, 0) is 32.1 Å². The molecule has 0 aromatic rings. The summed E-state index contributed by atoms with van der Waals surface area (Å²) in [6, 6.07) is -0.632. The van der Waals surface area contributed by atoms with Crippen LogP contribution in [-0.4, -0.2) is 34.9 Å². The molecule has 2 unspecified atom stereocenters. The Morgan fingerprint density at radius 1 is 0.442 bits per heavy atom. The molecule has 1 amide bonds. The van der Waals surface area contributed by atoms with Crippen LogP contribution in [0.3, 0.4) is 0 Å². The zero-order valence-corrected chi connectivity index (χ0v) is 35.3. The van der Waals surface area contributed by atoms with Crippen molar-refractivity contribution in [2.24, 2.45) is 0 Å². The van der Waals surface area contributed by atoms with E-state index in [2.05, 4.69) is 31.3 Å². The standard InChI is InChI=1S/C48H93NO3/c1-3-5-7-9-11-12-13-14-15-16-17-18-19-20-21-22-23-24-25-26-27-28-29-30-31-32-33-34-35-36-38-39-41-43-47(51)46(45-50)49-48(52)44-42-40-37-10-8-6-4-2/h35-36,41,43,46-47,50-51H,3-34,37-40,42,44-45H2,1-2H3,(H,49,52)/b36-35+,43-41+. The van der Waals surface area contributed by atoms with Gasteiger partial charge in [-0.25, -0.2) is 0 Å². The number of allylic oxidation sites excluding steroid dienone is 3. The smallest absolute Gasteiger partial charge is 0.220 e. The Morgan fingerprint density at radius 3 is 1.12 bits per heavy atom. The monoisotopic (exact) mass is 732 g/mol. The van der Waals surface area contributed by atoms with E-state index in [4.69, 9.17) is 0 Å². The Hall–Kier alpha value is -1.13. The van der Waals surface area contributed by atoms with E-state index >= 15 is 0 Å². The third kappa shape index (κ3) is 40.1. The maximum absolute atomic E-state index is 12.2. The van der Waals surface area contributed by atoms with E-state index in [1.54, 1.807) is 6.08 Å². The summed E-state index contributed by atoms with van der Waals surface area (Å²) in [4.78, 5) is 12.2. The molecule has 0 aliphatic carbocycles. The second-order valence-corrected chi connectivity index (χ2v) is 16.2. The van der Waals surface area contributed by atoms with Crippen molar-refractivity contribution in [3.63, 3.8) is 0 Å². The summed E-state index contributed by atoms with van der Waals surface area (Å²) in [5.74, 6) is -0.0795. The van der Waals surface area contributed by atoms with Gasteiger partial charge in [0.1, 0.15) is 0 Å². The van der Waals surface area contributed by atoms with Gasteiger partial charge in [0.25, 0.3) is 0 Å². The van der Waals surface area contributed by atoms with Crippen LogP contribution in [0.2, 0.25) is 0 Å². The summed E-state index contributed by atoms with van der Waals surface area (Å²) in [5.41, 5.74) is 0. The number of rotatable bonds is 43. The van der Waals surface area contributed by atoms with Gasteiger partial charge in [0.15, 0.2) is 0 Å². The third-order valence-corrected chi connectivity index (χ3v) is 10.9. The third-order valence-electron chi connectivity index (χ3n) is 10.9. The predicted octanol–water partition coefficient (Wildman–Crippen LogP) is 14.8. The number of nitrogens with one attached hydrogen (secondary N) is 1. The molecule has 0 bridgehead atoms. The molecular weight excluding hydrogens is 639 g/mol. The molecule has 4 heteroatoms. The van der Waals surface area contributed by atoms with E-state index in [0.29, 0.717) is 6.42 Å². The SMILES string of the molecule is CCCCCCCCCCCCCCCCCCCCCCCCCCCCC/C=C/CC/C=C/C(O)C(CO)NC(=O)CCCCCCCCC. The molecule has 4 nitrogen and oxygen atoms in total. The summed E-state index contributed by atoms with van der Waals surface area (Å²) in [5, 5.41) is 22.8. The number of carbonyl (C=O) groups excluding carboxylic acids is 1. The van der Waals surface area contributed by atoms with Gasteiger partial charge in [-0.1, -0.05) is 244 Å². The molecule has 3 N–H and O–H groups in total. The molecule has 308 valence electrons. The first-order valence-corrected chi connectivity index (χ1v) is 23.6. The molecule has 2 atom stereocenters. The lowest BCUT2D eigenvalue weighted by atomic mass is 10.0. The molecule has 0 rings (SSSR count). The van der Waals surface area contributed by atoms with E-state index in [9.17, 15) is 15.0 Å². The fraction of sp³-hybridized carbons (Fsp3) is 0.896. The van der Waals surface area contributed by atoms with Gasteiger partial charge >= 0.3 is 0 Å². The molecule has 0 saturated heterocycles. The summed E-state index contributed by atoms with van der Waals surface area (Å²) < 4.78 is 0. The second kappa shape index (κ2) is 44.3. The van der Waals surface area contributed by atoms with Crippen molar-refractivity contribution >= 4 is 5.91 Å². The maximum Gasteiger partial charge on any atom is 0.220 e. The Bertz CT molecular complexity index is 750. The van der Waals surface area contributed by atoms with E-state index in [1.807, 2.05) is 6.08 Å². The molecular formula is C48H93NO3. The topological polar surface area (TPSA) is 69.6 Å². The fourth-order valence-corrected chi connectivity index (χ4v) is 7.31. The molecule has 0 heterocycles. The number of unbranched alkanes of at least 4 members (excludes halogenated alkanes) is 34. The molecule has 0 saturated carbocycles. The first kappa shape index (κ1) is 50.9. The lowest BCUT2D eigenvalue weighted by molar-refractivity contribution is -0.123. The summed E-state index contributed by atoms with van der Waals surface area (Å²) in [6.07, 6.45) is 57.8. The number of aliphatic hydroxyl groups excluding tert-OH is 2. The Labute approximate surface area is 326 Å². The summed E-state index contributed by atoms with van der Waals surface area (Å²) in [6.45, 7) is 4.26. The highest BCUT2D eigenvalue weighted by molar-refractivity contribution is 5.76. The zero-order chi connectivity index (χ0) is 37.8. The highest BCUT2D eigenvalue weighted by atomic mass is 16.3. The molecule has 0 radical (unpaired) electrons. The van der Waals surface area contributed by atoms with Gasteiger partial charge in [-0.3, -0.25) is 4.79 Å². The van der Waals surface area contributed by atoms with Gasteiger partial charge < -0.3 is 15.5 Å². The van der Waals surface area contributed by atoms with Crippen LogP contribution in [-0.2, 0) is 4.79 Å². The maximum atomic E-state index is 12.2. The number of hydrogen-bond donors (Lipinski definition) is 3. The van der Waals surface area contributed by atoms with Crippen molar-refractivity contribution in [1.82, 2.24) is 5.32 Å². The molecule has 0 fully saturated rings. The molecule has 0 aliphatic heterocycles. The minimum Gasteiger partial charge on any atom is -0.394 e. The van der Waals surface area contributed by atoms with Crippen molar-refractivity contribution < 1.29 is 15.0 Å². The van der Waals surface area contributed by atoms with E-state index in [0.717, 1.165) is 32.1 Å². The predicted molar refractivity (Wildman–Crippen MR) is 230 cm³/mol. The van der Waals surface area contributed by atoms with Crippen molar-refractivity contribution in [2.75, 3.05) is 6.61 Å². The Morgan fingerprint density at radius 2 is 0.750 bits per heavy atom. The quantitative estimate of drug-likeness (QED) is 0.0432.